The molecule has 8 rings (SSSR count). The third-order valence-electron chi connectivity index (χ3n) is 9.66. The number of hydrogen-bond acceptors (Lipinski definition) is 4. The summed E-state index contributed by atoms with van der Waals surface area (Å²) in [5, 5.41) is 7.93. The van der Waals surface area contributed by atoms with E-state index in [0.29, 0.717) is 5.95 Å². The fourth-order valence-electron chi connectivity index (χ4n) is 6.78. The van der Waals surface area contributed by atoms with Crippen molar-refractivity contribution in [2.24, 2.45) is 0 Å². The number of aromatic nitrogens is 5. The molecule has 1 atom stereocenters. The van der Waals surface area contributed by atoms with Crippen LogP contribution in [0.15, 0.2) is 152 Å². The standard InChI is InChI=1S/C41H35N5Si2/c1-47(31-13-8-11-29(25-31)37-15-4-6-21-42-37)32-17-19-35-36-20-18-34(28-40(36)46(39(35)27-32)41-44-23-10-24-45-41)48(2,3)33-14-9-12-30(26-33)38-16-5-7-22-43-38/h4-28,47H,1-3H3. The van der Waals surface area contributed by atoms with Crippen molar-refractivity contribution in [3.8, 4) is 28.5 Å². The minimum absolute atomic E-state index is 0.690. The van der Waals surface area contributed by atoms with Crippen molar-refractivity contribution in [2.45, 2.75) is 19.6 Å². The zero-order chi connectivity index (χ0) is 32.7. The van der Waals surface area contributed by atoms with E-state index >= 15 is 0 Å². The Morgan fingerprint density at radius 3 is 1.77 bits per heavy atom. The second-order valence-electron chi connectivity index (χ2n) is 12.9. The molecule has 8 aromatic rings. The summed E-state index contributed by atoms with van der Waals surface area (Å²) in [5.74, 6) is 0.690. The summed E-state index contributed by atoms with van der Waals surface area (Å²) < 4.78 is 2.26. The first kappa shape index (κ1) is 29.9. The van der Waals surface area contributed by atoms with Gasteiger partial charge in [-0.25, -0.2) is 9.97 Å². The Hall–Kier alpha value is -5.51. The van der Waals surface area contributed by atoms with Gasteiger partial charge in [0.15, 0.2) is 0 Å². The van der Waals surface area contributed by atoms with Crippen LogP contribution < -0.4 is 20.7 Å². The van der Waals surface area contributed by atoms with Crippen LogP contribution in [0.4, 0.5) is 0 Å². The Kier molecular flexibility index (Phi) is 7.63. The SMILES string of the molecule is C[SiH](c1cccc(-c2ccccn2)c1)c1ccc2c3ccc([Si](C)(C)c4cccc(-c5ccccn5)c4)cc3n(-c3ncccn3)c2c1. The largest absolute Gasteiger partial charge is 0.278 e. The first-order valence-electron chi connectivity index (χ1n) is 16.4. The fourth-order valence-corrected chi connectivity index (χ4v) is 11.1. The average Bonchev–Trinajstić information content (AvgIpc) is 3.48. The lowest BCUT2D eigenvalue weighted by molar-refractivity contribution is 0.989. The number of nitrogens with zero attached hydrogens (tertiary/aromatic N) is 5. The molecule has 0 amide bonds. The zero-order valence-electron chi connectivity index (χ0n) is 27.2. The molecule has 4 aromatic heterocycles. The highest BCUT2D eigenvalue weighted by atomic mass is 28.3. The normalized spacial score (nSPS) is 12.4. The van der Waals surface area contributed by atoms with E-state index < -0.39 is 16.9 Å². The molecule has 5 nitrogen and oxygen atoms in total. The van der Waals surface area contributed by atoms with E-state index in [-0.39, 0.29) is 0 Å². The van der Waals surface area contributed by atoms with Gasteiger partial charge in [0.05, 0.1) is 31.2 Å². The lowest BCUT2D eigenvalue weighted by atomic mass is 10.1. The minimum Gasteiger partial charge on any atom is -0.278 e. The molecule has 0 aliphatic carbocycles. The molecular formula is C41H35N5Si2. The van der Waals surface area contributed by atoms with Crippen LogP contribution in [0.3, 0.4) is 0 Å². The Labute approximate surface area is 283 Å². The maximum atomic E-state index is 4.76. The van der Waals surface area contributed by atoms with E-state index in [2.05, 4.69) is 131 Å². The van der Waals surface area contributed by atoms with Crippen LogP contribution in [0.1, 0.15) is 0 Å². The Bertz CT molecular complexity index is 2390. The summed E-state index contributed by atoms with van der Waals surface area (Å²) in [6.45, 7) is 7.28. The average molecular weight is 654 g/mol. The summed E-state index contributed by atoms with van der Waals surface area (Å²) in [6.07, 6.45) is 7.37. The van der Waals surface area contributed by atoms with E-state index in [4.69, 9.17) is 9.97 Å². The molecule has 4 heterocycles. The molecule has 48 heavy (non-hydrogen) atoms. The number of rotatable bonds is 7. The van der Waals surface area contributed by atoms with Crippen molar-refractivity contribution in [1.29, 1.82) is 0 Å². The van der Waals surface area contributed by atoms with E-state index in [9.17, 15) is 0 Å². The maximum absolute atomic E-state index is 4.76. The third kappa shape index (κ3) is 5.37. The van der Waals surface area contributed by atoms with E-state index in [1.54, 1.807) is 0 Å². The Morgan fingerprint density at radius 2 is 1.08 bits per heavy atom. The van der Waals surface area contributed by atoms with Gasteiger partial charge in [-0.1, -0.05) is 125 Å². The van der Waals surface area contributed by atoms with Crippen molar-refractivity contribution in [3.05, 3.63) is 152 Å². The predicted octanol–water partition coefficient (Wildman–Crippen LogP) is 6.49. The van der Waals surface area contributed by atoms with Gasteiger partial charge in [0.25, 0.3) is 0 Å². The summed E-state index contributed by atoms with van der Waals surface area (Å²) in [4.78, 5) is 18.7. The third-order valence-corrected chi connectivity index (χ3v) is 15.9. The summed E-state index contributed by atoms with van der Waals surface area (Å²) >= 11 is 0. The first-order chi connectivity index (χ1) is 23.5. The molecule has 0 radical (unpaired) electrons. The van der Waals surface area contributed by atoms with Crippen molar-refractivity contribution >= 4 is 59.4 Å². The van der Waals surface area contributed by atoms with E-state index in [1.165, 1.54) is 31.5 Å². The van der Waals surface area contributed by atoms with Gasteiger partial charge in [-0.3, -0.25) is 14.5 Å². The molecule has 0 saturated carbocycles. The maximum Gasteiger partial charge on any atom is 0.234 e. The number of pyridine rings is 2. The highest BCUT2D eigenvalue weighted by Gasteiger charge is 2.28. The number of fused-ring (bicyclic) bond motifs is 3. The minimum atomic E-state index is -2.10. The molecule has 4 aromatic carbocycles. The molecule has 0 bridgehead atoms. The predicted molar refractivity (Wildman–Crippen MR) is 205 cm³/mol. The van der Waals surface area contributed by atoms with Crippen LogP contribution in [0.25, 0.3) is 50.3 Å². The van der Waals surface area contributed by atoms with Gasteiger partial charge >= 0.3 is 0 Å². The van der Waals surface area contributed by atoms with Crippen molar-refractivity contribution < 1.29 is 0 Å². The second kappa shape index (κ2) is 12.3. The quantitative estimate of drug-likeness (QED) is 0.185. The van der Waals surface area contributed by atoms with E-state index in [0.717, 1.165) is 33.5 Å². The highest BCUT2D eigenvalue weighted by Crippen LogP contribution is 2.31. The van der Waals surface area contributed by atoms with Gasteiger partial charge in [0, 0.05) is 35.6 Å². The Morgan fingerprint density at radius 1 is 0.500 bits per heavy atom. The topological polar surface area (TPSA) is 56.5 Å². The van der Waals surface area contributed by atoms with Crippen LogP contribution in [0.5, 0.6) is 0 Å². The van der Waals surface area contributed by atoms with Crippen molar-refractivity contribution in [1.82, 2.24) is 24.5 Å². The molecule has 0 saturated heterocycles. The van der Waals surface area contributed by atoms with Gasteiger partial charge in [-0.05, 0) is 53.6 Å². The van der Waals surface area contributed by atoms with Gasteiger partial charge in [0.2, 0.25) is 5.95 Å². The summed E-state index contributed by atoms with van der Waals surface area (Å²) in [6, 6.07) is 45.9. The van der Waals surface area contributed by atoms with Gasteiger partial charge in [0.1, 0.15) is 8.07 Å². The molecule has 232 valence electrons. The molecule has 0 spiro atoms. The molecule has 1 unspecified atom stereocenters. The molecule has 0 N–H and O–H groups in total. The van der Waals surface area contributed by atoms with Gasteiger partial charge < -0.3 is 0 Å². The monoisotopic (exact) mass is 653 g/mol. The molecule has 0 fully saturated rings. The van der Waals surface area contributed by atoms with Gasteiger partial charge in [-0.2, -0.15) is 0 Å². The summed E-state index contributed by atoms with van der Waals surface area (Å²) in [5.41, 5.74) is 6.59. The van der Waals surface area contributed by atoms with Crippen LogP contribution >= 0.6 is 0 Å². The van der Waals surface area contributed by atoms with Crippen LogP contribution in [-0.4, -0.2) is 41.4 Å². The summed E-state index contributed by atoms with van der Waals surface area (Å²) in [7, 11) is -3.62. The molecule has 0 aliphatic rings. The molecular weight excluding hydrogens is 619 g/mol. The first-order valence-corrected chi connectivity index (χ1v) is 21.7. The second-order valence-corrected chi connectivity index (χ2v) is 20.1. The molecule has 0 aliphatic heterocycles. The highest BCUT2D eigenvalue weighted by molar-refractivity contribution is 7.00. The fraction of sp³-hybridized carbons (Fsp3) is 0.0732. The van der Waals surface area contributed by atoms with Crippen LogP contribution in [0, 0.1) is 0 Å². The van der Waals surface area contributed by atoms with Crippen LogP contribution in [-0.2, 0) is 0 Å². The number of benzene rings is 4. The number of hydrogen-bond donors (Lipinski definition) is 0. The van der Waals surface area contributed by atoms with Crippen LogP contribution in [0.2, 0.25) is 19.6 Å². The van der Waals surface area contributed by atoms with Crippen molar-refractivity contribution in [2.75, 3.05) is 0 Å². The lowest BCUT2D eigenvalue weighted by Crippen LogP contribution is -2.52. The molecule has 7 heteroatoms. The van der Waals surface area contributed by atoms with Gasteiger partial charge in [-0.15, -0.1) is 0 Å². The zero-order valence-corrected chi connectivity index (χ0v) is 29.4. The lowest BCUT2D eigenvalue weighted by Gasteiger charge is -2.24. The smallest absolute Gasteiger partial charge is 0.234 e. The van der Waals surface area contributed by atoms with Crippen molar-refractivity contribution in [3.63, 3.8) is 0 Å². The Balaban J connectivity index is 1.25. The van der Waals surface area contributed by atoms with E-state index in [1.807, 2.05) is 55.1 Å².